The number of ether oxygens (including phenoxy) is 1. The lowest BCUT2D eigenvalue weighted by atomic mass is 9.77. The highest BCUT2D eigenvalue weighted by Crippen LogP contribution is 2.40. The van der Waals surface area contributed by atoms with Crippen molar-refractivity contribution in [3.05, 3.63) is 53.4 Å². The molecule has 2 heterocycles. The normalized spacial score (nSPS) is 20.5. The van der Waals surface area contributed by atoms with E-state index in [-0.39, 0.29) is 24.1 Å². The Hall–Kier alpha value is -2.18. The van der Waals surface area contributed by atoms with Gasteiger partial charge in [-0.05, 0) is 37.2 Å². The van der Waals surface area contributed by atoms with Crippen LogP contribution in [0.5, 0.6) is 0 Å². The van der Waals surface area contributed by atoms with E-state index in [0.717, 1.165) is 37.0 Å². The molecule has 26 heavy (non-hydrogen) atoms. The minimum Gasteiger partial charge on any atom is -0.383 e. The van der Waals surface area contributed by atoms with Gasteiger partial charge in [0, 0.05) is 25.2 Å². The topological polar surface area (TPSA) is 84.6 Å². The summed E-state index contributed by atoms with van der Waals surface area (Å²) in [7, 11) is 0. The Morgan fingerprint density at radius 1 is 1.19 bits per heavy atom. The average Bonchev–Trinajstić information content (AvgIpc) is 3.44. The summed E-state index contributed by atoms with van der Waals surface area (Å²) in [6, 6.07) is 11.2. The number of benzene rings is 1. The third-order valence-corrected chi connectivity index (χ3v) is 5.43. The van der Waals surface area contributed by atoms with Gasteiger partial charge in [0.05, 0.1) is 6.54 Å². The van der Waals surface area contributed by atoms with Crippen LogP contribution in [-0.2, 0) is 10.3 Å². The first-order valence-corrected chi connectivity index (χ1v) is 9.27. The van der Waals surface area contributed by atoms with Crippen molar-refractivity contribution in [3.63, 3.8) is 0 Å². The van der Waals surface area contributed by atoms with Gasteiger partial charge in [-0.2, -0.15) is 0 Å². The van der Waals surface area contributed by atoms with Crippen molar-refractivity contribution in [2.45, 2.75) is 37.2 Å². The van der Waals surface area contributed by atoms with Crippen LogP contribution in [0.2, 0.25) is 0 Å². The minimum atomic E-state index is -1.14. The van der Waals surface area contributed by atoms with Crippen LogP contribution in [0.15, 0.2) is 40.9 Å². The minimum absolute atomic E-state index is 0.0262. The number of hydrogen-bond donors (Lipinski definition) is 2. The van der Waals surface area contributed by atoms with E-state index in [2.05, 4.69) is 10.5 Å². The molecule has 4 rings (SSSR count). The molecule has 138 valence electrons. The number of aromatic nitrogens is 1. The van der Waals surface area contributed by atoms with Crippen molar-refractivity contribution in [2.24, 2.45) is 5.92 Å². The van der Waals surface area contributed by atoms with E-state index in [0.29, 0.717) is 19.1 Å². The largest absolute Gasteiger partial charge is 0.383 e. The van der Waals surface area contributed by atoms with Crippen LogP contribution in [0.3, 0.4) is 0 Å². The maximum atomic E-state index is 12.5. The Morgan fingerprint density at radius 2 is 1.92 bits per heavy atom. The van der Waals surface area contributed by atoms with Crippen LogP contribution < -0.4 is 5.32 Å². The molecule has 1 aromatic carbocycles. The monoisotopic (exact) mass is 356 g/mol. The molecule has 6 nitrogen and oxygen atoms in total. The number of nitrogens with zero attached hydrogens (tertiary/aromatic N) is 1. The zero-order valence-electron chi connectivity index (χ0n) is 14.7. The lowest BCUT2D eigenvalue weighted by Crippen LogP contribution is -2.47. The molecule has 2 fully saturated rings. The second-order valence-corrected chi connectivity index (χ2v) is 7.25. The van der Waals surface area contributed by atoms with E-state index in [1.54, 1.807) is 6.07 Å². The fourth-order valence-electron chi connectivity index (χ4n) is 3.65. The molecule has 1 aliphatic carbocycles. The fourth-order valence-corrected chi connectivity index (χ4v) is 3.65. The zero-order chi connectivity index (χ0) is 18.0. The van der Waals surface area contributed by atoms with Gasteiger partial charge in [0.15, 0.2) is 5.69 Å². The fraction of sp³-hybridized carbons (Fsp3) is 0.500. The first-order chi connectivity index (χ1) is 12.7. The summed E-state index contributed by atoms with van der Waals surface area (Å²) >= 11 is 0. The first kappa shape index (κ1) is 17.2. The quantitative estimate of drug-likeness (QED) is 0.831. The average molecular weight is 356 g/mol. The molecule has 2 aliphatic rings. The number of amides is 1. The Labute approximate surface area is 152 Å². The van der Waals surface area contributed by atoms with E-state index in [9.17, 15) is 9.90 Å². The summed E-state index contributed by atoms with van der Waals surface area (Å²) in [5.74, 6) is 0.894. The van der Waals surface area contributed by atoms with Gasteiger partial charge in [0.1, 0.15) is 11.4 Å². The molecular formula is C20H24N2O4. The van der Waals surface area contributed by atoms with Gasteiger partial charge in [-0.1, -0.05) is 35.5 Å². The van der Waals surface area contributed by atoms with Crippen molar-refractivity contribution in [2.75, 3.05) is 19.8 Å². The molecule has 1 saturated heterocycles. The van der Waals surface area contributed by atoms with Crippen molar-refractivity contribution >= 4 is 5.91 Å². The SMILES string of the molecule is O=C(NCC(O)(c1ccccc1)C1CCOCC1)c1cc(C2CC2)on1. The van der Waals surface area contributed by atoms with Crippen LogP contribution >= 0.6 is 0 Å². The van der Waals surface area contributed by atoms with Crippen molar-refractivity contribution in [3.8, 4) is 0 Å². The second-order valence-electron chi connectivity index (χ2n) is 7.25. The molecule has 1 aromatic heterocycles. The molecule has 1 unspecified atom stereocenters. The van der Waals surface area contributed by atoms with Crippen molar-refractivity contribution in [1.29, 1.82) is 0 Å². The summed E-state index contributed by atoms with van der Waals surface area (Å²) in [4.78, 5) is 12.5. The van der Waals surface area contributed by atoms with Gasteiger partial charge in [0.25, 0.3) is 5.91 Å². The Kier molecular flexibility index (Phi) is 4.78. The number of carbonyl (C=O) groups excluding carboxylic acids is 1. The molecule has 1 amide bonds. The summed E-state index contributed by atoms with van der Waals surface area (Å²) < 4.78 is 10.7. The van der Waals surface area contributed by atoms with Crippen LogP contribution in [0.25, 0.3) is 0 Å². The highest BCUT2D eigenvalue weighted by molar-refractivity contribution is 5.92. The molecule has 6 heteroatoms. The van der Waals surface area contributed by atoms with Crippen LogP contribution in [-0.4, -0.2) is 35.9 Å². The lowest BCUT2D eigenvalue weighted by molar-refractivity contribution is -0.0680. The molecule has 1 saturated carbocycles. The predicted molar refractivity (Wildman–Crippen MR) is 94.7 cm³/mol. The summed E-state index contributed by atoms with van der Waals surface area (Å²) in [5.41, 5.74) is -0.0515. The van der Waals surface area contributed by atoms with Gasteiger partial charge >= 0.3 is 0 Å². The van der Waals surface area contributed by atoms with Crippen molar-refractivity contribution < 1.29 is 19.2 Å². The van der Waals surface area contributed by atoms with E-state index < -0.39 is 5.60 Å². The van der Waals surface area contributed by atoms with Crippen molar-refractivity contribution in [1.82, 2.24) is 10.5 Å². The van der Waals surface area contributed by atoms with E-state index in [1.165, 1.54) is 0 Å². The van der Waals surface area contributed by atoms with E-state index in [1.807, 2.05) is 30.3 Å². The molecule has 2 aromatic rings. The Balaban J connectivity index is 1.49. The standard InChI is InChI=1S/C20H24N2O4/c23-19(17-12-18(26-22-17)14-6-7-14)21-13-20(24,15-4-2-1-3-5-15)16-8-10-25-11-9-16/h1-5,12,14,16,24H,6-11,13H2,(H,21,23). The lowest BCUT2D eigenvalue weighted by Gasteiger charge is -2.39. The third-order valence-electron chi connectivity index (χ3n) is 5.43. The molecule has 0 spiro atoms. The number of hydrogen-bond acceptors (Lipinski definition) is 5. The first-order valence-electron chi connectivity index (χ1n) is 9.27. The highest BCUT2D eigenvalue weighted by atomic mass is 16.5. The molecular weight excluding hydrogens is 332 g/mol. The molecule has 1 atom stereocenters. The van der Waals surface area contributed by atoms with Gasteiger partial charge in [-0.3, -0.25) is 4.79 Å². The number of aliphatic hydroxyl groups is 1. The number of nitrogens with one attached hydrogen (secondary N) is 1. The predicted octanol–water partition coefficient (Wildman–Crippen LogP) is 2.60. The highest BCUT2D eigenvalue weighted by Gasteiger charge is 2.39. The van der Waals surface area contributed by atoms with Gasteiger partial charge in [0.2, 0.25) is 0 Å². The summed E-state index contributed by atoms with van der Waals surface area (Å²) in [5, 5.41) is 18.2. The summed E-state index contributed by atoms with van der Waals surface area (Å²) in [6.07, 6.45) is 3.70. The zero-order valence-corrected chi connectivity index (χ0v) is 14.7. The van der Waals surface area contributed by atoms with Crippen LogP contribution in [0, 0.1) is 5.92 Å². The number of rotatable bonds is 6. The Morgan fingerprint density at radius 3 is 2.62 bits per heavy atom. The maximum absolute atomic E-state index is 12.5. The van der Waals surface area contributed by atoms with E-state index >= 15 is 0 Å². The van der Waals surface area contributed by atoms with Gasteiger partial charge < -0.3 is 19.7 Å². The molecule has 1 aliphatic heterocycles. The maximum Gasteiger partial charge on any atom is 0.273 e. The molecule has 2 N–H and O–H groups in total. The third kappa shape index (κ3) is 3.52. The van der Waals surface area contributed by atoms with Crippen LogP contribution in [0.1, 0.15) is 53.4 Å². The molecule has 0 bridgehead atoms. The van der Waals surface area contributed by atoms with Gasteiger partial charge in [-0.25, -0.2) is 0 Å². The molecule has 0 radical (unpaired) electrons. The Bertz CT molecular complexity index is 750. The summed E-state index contributed by atoms with van der Waals surface area (Å²) in [6.45, 7) is 1.38. The second kappa shape index (κ2) is 7.21. The smallest absolute Gasteiger partial charge is 0.273 e. The van der Waals surface area contributed by atoms with Gasteiger partial charge in [-0.15, -0.1) is 0 Å². The van der Waals surface area contributed by atoms with E-state index in [4.69, 9.17) is 9.26 Å². The van der Waals surface area contributed by atoms with Crippen LogP contribution in [0.4, 0.5) is 0 Å². The number of carbonyl (C=O) groups is 1.